The highest BCUT2D eigenvalue weighted by Gasteiger charge is 2.22. The minimum Gasteiger partial charge on any atom is -0.475 e. The Bertz CT molecular complexity index is 851. The maximum atomic E-state index is 11.4. The normalized spacial score (nSPS) is 11.7. The van der Waals surface area contributed by atoms with Crippen LogP contribution in [0.15, 0.2) is 64.0 Å². The molecule has 0 saturated heterocycles. The minimum absolute atomic E-state index is 0.159. The Morgan fingerprint density at radius 2 is 1.77 bits per heavy atom. The number of furan rings is 1. The Morgan fingerprint density at radius 3 is 2.50 bits per heavy atom. The molecule has 0 aliphatic carbocycles. The smallest absolute Gasteiger partial charge is 0.372 e. The van der Waals surface area contributed by atoms with E-state index in [9.17, 15) is 9.90 Å². The van der Waals surface area contributed by atoms with Crippen molar-refractivity contribution in [3.8, 4) is 0 Å². The van der Waals surface area contributed by atoms with E-state index in [0.717, 1.165) is 5.56 Å². The molecule has 5 heteroatoms. The summed E-state index contributed by atoms with van der Waals surface area (Å²) in [5.41, 5.74) is 7.83. The molecular formula is C17H14N2O3. The highest BCUT2D eigenvalue weighted by molar-refractivity contribution is 6.14. The lowest BCUT2D eigenvalue weighted by molar-refractivity contribution is 0.0664. The molecule has 0 radical (unpaired) electrons. The second kappa shape index (κ2) is 5.73. The average Bonchev–Trinajstić information content (AvgIpc) is 2.93. The number of para-hydroxylation sites is 1. The Hall–Kier alpha value is -3.08. The van der Waals surface area contributed by atoms with Crippen molar-refractivity contribution in [1.29, 1.82) is 0 Å². The lowest BCUT2D eigenvalue weighted by atomic mass is 10.1. The van der Waals surface area contributed by atoms with E-state index < -0.39 is 5.97 Å². The minimum atomic E-state index is -1.16. The van der Waals surface area contributed by atoms with E-state index in [1.54, 1.807) is 24.3 Å². The first kappa shape index (κ1) is 13.9. The molecule has 0 amide bonds. The number of aliphatic imine (C=N–C) groups is 1. The maximum absolute atomic E-state index is 11.4. The van der Waals surface area contributed by atoms with Crippen LogP contribution in [-0.4, -0.2) is 16.9 Å². The SMILES string of the molecule is NC(=NCc1ccccc1)c1c(C(=O)O)oc2ccccc12. The number of rotatable bonds is 4. The molecular weight excluding hydrogens is 280 g/mol. The van der Waals surface area contributed by atoms with Gasteiger partial charge >= 0.3 is 5.97 Å². The van der Waals surface area contributed by atoms with Crippen LogP contribution in [0.2, 0.25) is 0 Å². The monoisotopic (exact) mass is 294 g/mol. The van der Waals surface area contributed by atoms with Crippen LogP contribution in [0.5, 0.6) is 0 Å². The van der Waals surface area contributed by atoms with Gasteiger partial charge in [0.05, 0.1) is 12.1 Å². The molecule has 1 aromatic heterocycles. The van der Waals surface area contributed by atoms with Crippen molar-refractivity contribution in [2.75, 3.05) is 0 Å². The lowest BCUT2D eigenvalue weighted by Gasteiger charge is -2.01. The van der Waals surface area contributed by atoms with E-state index in [1.807, 2.05) is 30.3 Å². The molecule has 0 saturated carbocycles. The van der Waals surface area contributed by atoms with Gasteiger partial charge in [0, 0.05) is 5.39 Å². The highest BCUT2D eigenvalue weighted by atomic mass is 16.4. The number of carboxylic acids is 1. The zero-order chi connectivity index (χ0) is 15.5. The third kappa shape index (κ3) is 2.56. The Balaban J connectivity index is 2.04. The van der Waals surface area contributed by atoms with Gasteiger partial charge < -0.3 is 15.3 Å². The third-order valence-corrected chi connectivity index (χ3v) is 3.32. The van der Waals surface area contributed by atoms with Gasteiger partial charge in [-0.25, -0.2) is 4.79 Å². The number of nitrogens with zero attached hydrogens (tertiary/aromatic N) is 1. The molecule has 1 heterocycles. The van der Waals surface area contributed by atoms with Crippen molar-refractivity contribution >= 4 is 22.8 Å². The molecule has 0 aliphatic rings. The van der Waals surface area contributed by atoms with Gasteiger partial charge in [0.15, 0.2) is 0 Å². The first-order chi connectivity index (χ1) is 10.7. The van der Waals surface area contributed by atoms with E-state index in [-0.39, 0.29) is 11.6 Å². The fourth-order valence-corrected chi connectivity index (χ4v) is 2.29. The summed E-state index contributed by atoms with van der Waals surface area (Å²) in [6, 6.07) is 16.7. The molecule has 0 spiro atoms. The summed E-state index contributed by atoms with van der Waals surface area (Å²) in [6.45, 7) is 0.380. The average molecular weight is 294 g/mol. The summed E-state index contributed by atoms with van der Waals surface area (Å²) >= 11 is 0. The Kier molecular flexibility index (Phi) is 3.62. The number of amidine groups is 1. The van der Waals surface area contributed by atoms with Gasteiger partial charge in [0.2, 0.25) is 5.76 Å². The van der Waals surface area contributed by atoms with Crippen LogP contribution >= 0.6 is 0 Å². The Morgan fingerprint density at radius 1 is 1.09 bits per heavy atom. The topological polar surface area (TPSA) is 88.8 Å². The van der Waals surface area contributed by atoms with Crippen LogP contribution in [0.3, 0.4) is 0 Å². The van der Waals surface area contributed by atoms with Crippen LogP contribution in [0.4, 0.5) is 0 Å². The third-order valence-electron chi connectivity index (χ3n) is 3.32. The molecule has 22 heavy (non-hydrogen) atoms. The molecule has 0 unspecified atom stereocenters. The fraction of sp³-hybridized carbons (Fsp3) is 0.0588. The maximum Gasteiger partial charge on any atom is 0.372 e. The number of hydrogen-bond acceptors (Lipinski definition) is 3. The van der Waals surface area contributed by atoms with Gasteiger partial charge in [-0.3, -0.25) is 4.99 Å². The van der Waals surface area contributed by atoms with Gasteiger partial charge in [0.25, 0.3) is 0 Å². The molecule has 2 aromatic carbocycles. The molecule has 110 valence electrons. The second-order valence-electron chi connectivity index (χ2n) is 4.79. The van der Waals surface area contributed by atoms with Crippen LogP contribution < -0.4 is 5.73 Å². The number of benzene rings is 2. The van der Waals surface area contributed by atoms with Crippen LogP contribution in [0.25, 0.3) is 11.0 Å². The summed E-state index contributed by atoms with van der Waals surface area (Å²) < 4.78 is 5.37. The number of carbonyl (C=O) groups is 1. The molecule has 0 fully saturated rings. The van der Waals surface area contributed by atoms with Crippen LogP contribution in [-0.2, 0) is 6.54 Å². The summed E-state index contributed by atoms with van der Waals surface area (Å²) in [5.74, 6) is -1.19. The summed E-state index contributed by atoms with van der Waals surface area (Å²) in [5, 5.41) is 9.94. The van der Waals surface area contributed by atoms with Crippen molar-refractivity contribution in [2.45, 2.75) is 6.54 Å². The van der Waals surface area contributed by atoms with Gasteiger partial charge in [0.1, 0.15) is 11.4 Å². The van der Waals surface area contributed by atoms with Crippen LogP contribution in [0.1, 0.15) is 21.7 Å². The number of fused-ring (bicyclic) bond motifs is 1. The Labute approximate surface area is 126 Å². The van der Waals surface area contributed by atoms with Gasteiger partial charge in [-0.2, -0.15) is 0 Å². The van der Waals surface area contributed by atoms with E-state index >= 15 is 0 Å². The van der Waals surface area contributed by atoms with E-state index in [4.69, 9.17) is 10.2 Å². The highest BCUT2D eigenvalue weighted by Crippen LogP contribution is 2.25. The fourth-order valence-electron chi connectivity index (χ4n) is 2.29. The van der Waals surface area contributed by atoms with Crippen LogP contribution in [0, 0.1) is 0 Å². The standard InChI is InChI=1S/C17H14N2O3/c18-16(19-10-11-6-2-1-3-7-11)14-12-8-4-5-9-13(12)22-15(14)17(20)21/h1-9H,10H2,(H2,18,19)(H,20,21). The molecule has 5 nitrogen and oxygen atoms in total. The zero-order valence-corrected chi connectivity index (χ0v) is 11.7. The van der Waals surface area contributed by atoms with E-state index in [0.29, 0.717) is 23.1 Å². The van der Waals surface area contributed by atoms with Crippen molar-refractivity contribution in [1.82, 2.24) is 0 Å². The number of aromatic carboxylic acids is 1. The van der Waals surface area contributed by atoms with E-state index in [1.165, 1.54) is 0 Å². The number of hydrogen-bond donors (Lipinski definition) is 2. The zero-order valence-electron chi connectivity index (χ0n) is 11.7. The van der Waals surface area contributed by atoms with Crippen molar-refractivity contribution in [3.05, 3.63) is 71.5 Å². The van der Waals surface area contributed by atoms with Crippen molar-refractivity contribution in [3.63, 3.8) is 0 Å². The predicted molar refractivity (Wildman–Crippen MR) is 84.0 cm³/mol. The predicted octanol–water partition coefficient (Wildman–Crippen LogP) is 3.04. The molecule has 3 N–H and O–H groups in total. The first-order valence-electron chi connectivity index (χ1n) is 6.76. The number of nitrogens with two attached hydrogens (primary N) is 1. The summed E-state index contributed by atoms with van der Waals surface area (Å²) in [6.07, 6.45) is 0. The molecule has 0 atom stereocenters. The first-order valence-corrected chi connectivity index (χ1v) is 6.76. The quantitative estimate of drug-likeness (QED) is 0.571. The summed E-state index contributed by atoms with van der Waals surface area (Å²) in [4.78, 5) is 15.7. The lowest BCUT2D eigenvalue weighted by Crippen LogP contribution is -2.16. The summed E-state index contributed by atoms with van der Waals surface area (Å²) in [7, 11) is 0. The molecule has 0 aliphatic heterocycles. The van der Waals surface area contributed by atoms with Gasteiger partial charge in [-0.1, -0.05) is 48.5 Å². The van der Waals surface area contributed by atoms with Gasteiger partial charge in [-0.15, -0.1) is 0 Å². The molecule has 3 aromatic rings. The van der Waals surface area contributed by atoms with Gasteiger partial charge in [-0.05, 0) is 11.6 Å². The largest absolute Gasteiger partial charge is 0.475 e. The van der Waals surface area contributed by atoms with Crippen molar-refractivity contribution < 1.29 is 14.3 Å². The molecule has 3 rings (SSSR count). The van der Waals surface area contributed by atoms with Crippen molar-refractivity contribution in [2.24, 2.45) is 10.7 Å². The second-order valence-corrected chi connectivity index (χ2v) is 4.79. The molecule has 0 bridgehead atoms. The van der Waals surface area contributed by atoms with E-state index in [2.05, 4.69) is 4.99 Å². The number of carboxylic acid groups (broad SMARTS) is 1.